The minimum Gasteiger partial charge on any atom is -0.329 e. The molecule has 0 saturated heterocycles. The van der Waals surface area contributed by atoms with Gasteiger partial charge in [0.05, 0.1) is 17.2 Å². The average Bonchev–Trinajstić information content (AvgIpc) is 2.69. The number of hydrogen-bond donors (Lipinski definition) is 1. The van der Waals surface area contributed by atoms with Crippen LogP contribution in [0.3, 0.4) is 0 Å². The van der Waals surface area contributed by atoms with Crippen molar-refractivity contribution in [3.8, 4) is 0 Å². The number of nitrogens with one attached hydrogen (secondary N) is 1. The monoisotopic (exact) mass is 233 g/mol. The highest BCUT2D eigenvalue weighted by Crippen LogP contribution is 2.52. The summed E-state index contributed by atoms with van der Waals surface area (Å²) in [5.74, 6) is 0.756. The van der Waals surface area contributed by atoms with Gasteiger partial charge in [-0.3, -0.25) is 4.98 Å². The van der Waals surface area contributed by atoms with Crippen molar-refractivity contribution in [2.24, 2.45) is 11.3 Å². The number of imidazole rings is 1. The van der Waals surface area contributed by atoms with Gasteiger partial charge in [0, 0.05) is 12.7 Å². The van der Waals surface area contributed by atoms with E-state index in [-0.39, 0.29) is 0 Å². The van der Waals surface area contributed by atoms with Crippen LogP contribution in [0.25, 0.3) is 11.0 Å². The summed E-state index contributed by atoms with van der Waals surface area (Å²) in [5.41, 5.74) is 2.69. The van der Waals surface area contributed by atoms with Crippen LogP contribution >= 0.6 is 12.2 Å². The van der Waals surface area contributed by atoms with Crippen molar-refractivity contribution in [2.45, 2.75) is 26.8 Å². The van der Waals surface area contributed by atoms with Crippen LogP contribution in [-0.2, 0) is 6.54 Å². The highest BCUT2D eigenvalue weighted by atomic mass is 32.1. The van der Waals surface area contributed by atoms with Crippen LogP contribution in [0, 0.1) is 16.1 Å². The lowest BCUT2D eigenvalue weighted by atomic mass is 10.1. The molecule has 0 aromatic carbocycles. The van der Waals surface area contributed by atoms with Crippen LogP contribution in [0.4, 0.5) is 0 Å². The molecule has 0 radical (unpaired) electrons. The summed E-state index contributed by atoms with van der Waals surface area (Å²) in [6.07, 6.45) is 4.95. The van der Waals surface area contributed by atoms with Gasteiger partial charge in [-0.1, -0.05) is 13.8 Å². The molecule has 2 aromatic rings. The van der Waals surface area contributed by atoms with Crippen molar-refractivity contribution in [3.05, 3.63) is 23.2 Å². The third-order valence-electron chi connectivity index (χ3n) is 3.70. The zero-order valence-corrected chi connectivity index (χ0v) is 10.3. The molecule has 0 aliphatic heterocycles. The maximum absolute atomic E-state index is 5.35. The van der Waals surface area contributed by atoms with Gasteiger partial charge in [0.2, 0.25) is 0 Å². The quantitative estimate of drug-likeness (QED) is 0.808. The molecule has 2 heterocycles. The van der Waals surface area contributed by atoms with E-state index in [2.05, 4.69) is 28.4 Å². The SMILES string of the molecule is CC1(C)CC1Cn1c(=S)[nH]c2cnccc21. The van der Waals surface area contributed by atoms with Gasteiger partial charge < -0.3 is 9.55 Å². The summed E-state index contributed by atoms with van der Waals surface area (Å²) >= 11 is 5.35. The largest absolute Gasteiger partial charge is 0.329 e. The highest BCUT2D eigenvalue weighted by molar-refractivity contribution is 7.71. The molecule has 16 heavy (non-hydrogen) atoms. The van der Waals surface area contributed by atoms with Crippen LogP contribution < -0.4 is 0 Å². The summed E-state index contributed by atoms with van der Waals surface area (Å²) in [4.78, 5) is 7.30. The Hall–Kier alpha value is -1.16. The number of H-pyrrole nitrogens is 1. The molecular weight excluding hydrogens is 218 g/mol. The lowest BCUT2D eigenvalue weighted by Gasteiger charge is -2.05. The summed E-state index contributed by atoms with van der Waals surface area (Å²) in [6, 6.07) is 2.02. The Kier molecular flexibility index (Phi) is 1.98. The number of pyridine rings is 1. The van der Waals surface area contributed by atoms with Crippen molar-refractivity contribution in [2.75, 3.05) is 0 Å². The molecule has 0 amide bonds. The standard InChI is InChI=1S/C12H15N3S/c1-12(2)5-8(12)7-15-10-3-4-13-6-9(10)14-11(15)16/h3-4,6,8H,5,7H2,1-2H3,(H,14,16). The van der Waals surface area contributed by atoms with Gasteiger partial charge in [-0.25, -0.2) is 0 Å². The first-order valence-corrected chi connectivity index (χ1v) is 6.01. The minimum atomic E-state index is 0.491. The van der Waals surface area contributed by atoms with Gasteiger partial charge in [0.1, 0.15) is 0 Å². The van der Waals surface area contributed by atoms with Crippen LogP contribution in [0.2, 0.25) is 0 Å². The zero-order chi connectivity index (χ0) is 11.3. The first-order valence-electron chi connectivity index (χ1n) is 5.60. The fourth-order valence-corrected chi connectivity index (χ4v) is 2.58. The van der Waals surface area contributed by atoms with E-state index in [4.69, 9.17) is 12.2 Å². The smallest absolute Gasteiger partial charge is 0.178 e. The minimum absolute atomic E-state index is 0.491. The molecular formula is C12H15N3S. The summed E-state index contributed by atoms with van der Waals surface area (Å²) in [7, 11) is 0. The zero-order valence-electron chi connectivity index (χ0n) is 9.53. The number of rotatable bonds is 2. The Morgan fingerprint density at radius 3 is 3.06 bits per heavy atom. The van der Waals surface area contributed by atoms with Crippen molar-refractivity contribution in [1.29, 1.82) is 0 Å². The number of nitrogens with zero attached hydrogens (tertiary/aromatic N) is 2. The maximum Gasteiger partial charge on any atom is 0.178 e. The molecule has 2 aromatic heterocycles. The van der Waals surface area contributed by atoms with Gasteiger partial charge in [-0.2, -0.15) is 0 Å². The van der Waals surface area contributed by atoms with E-state index in [1.807, 2.05) is 18.5 Å². The molecule has 1 aliphatic rings. The molecule has 3 nitrogen and oxygen atoms in total. The molecule has 1 N–H and O–H groups in total. The fraction of sp³-hybridized carbons (Fsp3) is 0.500. The molecule has 1 aliphatic carbocycles. The van der Waals surface area contributed by atoms with Crippen molar-refractivity contribution in [3.63, 3.8) is 0 Å². The Morgan fingerprint density at radius 2 is 2.38 bits per heavy atom. The van der Waals surface area contributed by atoms with Gasteiger partial charge in [0.15, 0.2) is 4.77 Å². The third-order valence-corrected chi connectivity index (χ3v) is 4.02. The molecule has 1 unspecified atom stereocenters. The third kappa shape index (κ3) is 1.48. The van der Waals surface area contributed by atoms with Gasteiger partial charge in [-0.05, 0) is 36.0 Å². The molecule has 1 saturated carbocycles. The highest BCUT2D eigenvalue weighted by Gasteiger charge is 2.45. The van der Waals surface area contributed by atoms with E-state index in [9.17, 15) is 0 Å². The summed E-state index contributed by atoms with van der Waals surface area (Å²) in [6.45, 7) is 5.66. The van der Waals surface area contributed by atoms with Crippen molar-refractivity contribution >= 4 is 23.3 Å². The lowest BCUT2D eigenvalue weighted by molar-refractivity contribution is 0.502. The molecule has 0 bridgehead atoms. The summed E-state index contributed by atoms with van der Waals surface area (Å²) in [5, 5.41) is 0. The topological polar surface area (TPSA) is 33.6 Å². The second kappa shape index (κ2) is 3.17. The normalized spacial score (nSPS) is 22.5. The maximum atomic E-state index is 5.35. The second-order valence-corrected chi connectivity index (χ2v) is 5.71. The Labute approximate surface area is 99.5 Å². The molecule has 0 spiro atoms. The first kappa shape index (κ1) is 10.0. The molecule has 1 atom stereocenters. The Morgan fingerprint density at radius 1 is 1.62 bits per heavy atom. The van der Waals surface area contributed by atoms with Crippen LogP contribution in [0.15, 0.2) is 18.5 Å². The average molecular weight is 233 g/mol. The van der Waals surface area contributed by atoms with E-state index in [1.165, 1.54) is 11.9 Å². The predicted octanol–water partition coefficient (Wildman–Crippen LogP) is 3.14. The summed E-state index contributed by atoms with van der Waals surface area (Å²) < 4.78 is 3.01. The number of aromatic amines is 1. The fourth-order valence-electron chi connectivity index (χ4n) is 2.30. The lowest BCUT2D eigenvalue weighted by Crippen LogP contribution is -2.03. The van der Waals surface area contributed by atoms with E-state index in [0.717, 1.165) is 22.8 Å². The Bertz CT molecular complexity index is 594. The molecule has 4 heteroatoms. The number of fused-ring (bicyclic) bond motifs is 1. The van der Waals surface area contributed by atoms with Crippen LogP contribution in [0.1, 0.15) is 20.3 Å². The van der Waals surface area contributed by atoms with Crippen molar-refractivity contribution < 1.29 is 0 Å². The van der Waals surface area contributed by atoms with Gasteiger partial charge in [-0.15, -0.1) is 0 Å². The van der Waals surface area contributed by atoms with E-state index in [0.29, 0.717) is 5.41 Å². The van der Waals surface area contributed by atoms with Crippen LogP contribution in [0.5, 0.6) is 0 Å². The van der Waals surface area contributed by atoms with E-state index >= 15 is 0 Å². The van der Waals surface area contributed by atoms with Gasteiger partial charge in [0.25, 0.3) is 0 Å². The Balaban J connectivity index is 2.03. The molecule has 84 valence electrons. The second-order valence-electron chi connectivity index (χ2n) is 5.32. The molecule has 1 fully saturated rings. The predicted molar refractivity (Wildman–Crippen MR) is 66.8 cm³/mol. The number of hydrogen-bond acceptors (Lipinski definition) is 2. The molecule has 3 rings (SSSR count). The van der Waals surface area contributed by atoms with Gasteiger partial charge >= 0.3 is 0 Å². The van der Waals surface area contributed by atoms with E-state index in [1.54, 1.807) is 0 Å². The van der Waals surface area contributed by atoms with Crippen molar-refractivity contribution in [1.82, 2.24) is 14.5 Å². The van der Waals surface area contributed by atoms with Crippen LogP contribution in [-0.4, -0.2) is 14.5 Å². The number of aromatic nitrogens is 3. The first-order chi connectivity index (χ1) is 7.58. The van der Waals surface area contributed by atoms with E-state index < -0.39 is 0 Å².